The molecule has 1 aromatic rings. The van der Waals surface area contributed by atoms with Gasteiger partial charge in [-0.1, -0.05) is 30.3 Å². The van der Waals surface area contributed by atoms with Gasteiger partial charge in [0, 0.05) is 37.7 Å². The van der Waals surface area contributed by atoms with Gasteiger partial charge in [-0.2, -0.15) is 11.8 Å². The molecule has 130 valence electrons. The van der Waals surface area contributed by atoms with Crippen LogP contribution in [0.2, 0.25) is 0 Å². The molecule has 2 atom stereocenters. The first kappa shape index (κ1) is 17.3. The highest BCUT2D eigenvalue weighted by Gasteiger charge is 2.35. The van der Waals surface area contributed by atoms with Crippen LogP contribution >= 0.6 is 11.8 Å². The van der Waals surface area contributed by atoms with Crippen molar-refractivity contribution in [1.82, 2.24) is 9.80 Å². The summed E-state index contributed by atoms with van der Waals surface area (Å²) in [7, 11) is 0. The number of amides is 2. The summed E-state index contributed by atoms with van der Waals surface area (Å²) in [5, 5.41) is 0. The Morgan fingerprint density at radius 1 is 1.12 bits per heavy atom. The minimum absolute atomic E-state index is 0.110. The summed E-state index contributed by atoms with van der Waals surface area (Å²) in [6.45, 7) is 3.01. The van der Waals surface area contributed by atoms with E-state index in [1.54, 1.807) is 0 Å². The third-order valence-corrected chi connectivity index (χ3v) is 5.84. The number of carbonyl (C=O) groups is 2. The van der Waals surface area contributed by atoms with E-state index in [1.807, 2.05) is 47.0 Å². The zero-order chi connectivity index (χ0) is 16.9. The van der Waals surface area contributed by atoms with Crippen LogP contribution in [-0.2, 0) is 9.59 Å². The summed E-state index contributed by atoms with van der Waals surface area (Å²) in [6, 6.07) is 9.74. The van der Waals surface area contributed by atoms with Crippen LogP contribution in [0.1, 0.15) is 24.4 Å². The van der Waals surface area contributed by atoms with Crippen LogP contribution in [0, 0.1) is 5.92 Å². The lowest BCUT2D eigenvalue weighted by molar-refractivity contribution is -0.140. The molecule has 2 aliphatic rings. The fourth-order valence-corrected chi connectivity index (χ4v) is 4.49. The molecule has 3 rings (SSSR count). The van der Waals surface area contributed by atoms with E-state index >= 15 is 0 Å². The molecule has 2 saturated heterocycles. The van der Waals surface area contributed by atoms with E-state index in [-0.39, 0.29) is 23.8 Å². The maximum Gasteiger partial charge on any atom is 0.244 e. The second kappa shape index (κ2) is 8.03. The molecule has 2 fully saturated rings. The van der Waals surface area contributed by atoms with Crippen molar-refractivity contribution in [3.8, 4) is 0 Å². The lowest BCUT2D eigenvalue weighted by Crippen LogP contribution is -2.50. The minimum atomic E-state index is -0.293. The van der Waals surface area contributed by atoms with Gasteiger partial charge in [-0.25, -0.2) is 0 Å². The molecule has 24 heavy (non-hydrogen) atoms. The number of nitrogens with zero attached hydrogens (tertiary/aromatic N) is 2. The predicted octanol–water partition coefficient (Wildman–Crippen LogP) is 1.50. The Hall–Kier alpha value is -1.53. The van der Waals surface area contributed by atoms with Crippen molar-refractivity contribution in [2.45, 2.75) is 18.9 Å². The molecule has 0 bridgehead atoms. The van der Waals surface area contributed by atoms with E-state index in [9.17, 15) is 9.59 Å². The van der Waals surface area contributed by atoms with Gasteiger partial charge in [-0.3, -0.25) is 14.5 Å². The summed E-state index contributed by atoms with van der Waals surface area (Å²) in [5.74, 6) is 1.72. The molecule has 2 aliphatic heterocycles. The van der Waals surface area contributed by atoms with Crippen molar-refractivity contribution in [2.24, 2.45) is 11.7 Å². The summed E-state index contributed by atoms with van der Waals surface area (Å²) in [5.41, 5.74) is 6.51. The number of thioether (sulfide) groups is 1. The SMILES string of the molecule is NC(=O)[C@@H]1CCCN(C(=O)[C@H](c2ccccc2)N2CCSCC2)C1. The fraction of sp³-hybridized carbons (Fsp3) is 0.556. The molecule has 5 nitrogen and oxygen atoms in total. The van der Waals surface area contributed by atoms with Gasteiger partial charge in [-0.15, -0.1) is 0 Å². The van der Waals surface area contributed by atoms with Gasteiger partial charge in [0.1, 0.15) is 6.04 Å². The topological polar surface area (TPSA) is 66.6 Å². The summed E-state index contributed by atoms with van der Waals surface area (Å²) >= 11 is 1.94. The van der Waals surface area contributed by atoms with Crippen LogP contribution in [-0.4, -0.2) is 59.3 Å². The van der Waals surface area contributed by atoms with Crippen LogP contribution in [0.15, 0.2) is 30.3 Å². The van der Waals surface area contributed by atoms with Crippen molar-refractivity contribution in [1.29, 1.82) is 0 Å². The number of nitrogens with two attached hydrogens (primary N) is 1. The lowest BCUT2D eigenvalue weighted by atomic mass is 9.95. The molecule has 0 saturated carbocycles. The highest BCUT2D eigenvalue weighted by Crippen LogP contribution is 2.28. The average molecular weight is 347 g/mol. The van der Waals surface area contributed by atoms with Gasteiger partial charge in [0.15, 0.2) is 0 Å². The van der Waals surface area contributed by atoms with Crippen molar-refractivity contribution in [3.63, 3.8) is 0 Å². The highest BCUT2D eigenvalue weighted by molar-refractivity contribution is 7.99. The van der Waals surface area contributed by atoms with Gasteiger partial charge >= 0.3 is 0 Å². The van der Waals surface area contributed by atoms with E-state index in [4.69, 9.17) is 5.73 Å². The Labute approximate surface area is 147 Å². The molecule has 6 heteroatoms. The molecule has 0 aliphatic carbocycles. The predicted molar refractivity (Wildman–Crippen MR) is 96.6 cm³/mol. The second-order valence-electron chi connectivity index (χ2n) is 6.49. The number of carbonyl (C=O) groups excluding carboxylic acids is 2. The first-order valence-corrected chi connectivity index (χ1v) is 9.77. The standard InChI is InChI=1S/C18H25N3O2S/c19-17(22)15-7-4-8-21(13-15)18(23)16(14-5-2-1-3-6-14)20-9-11-24-12-10-20/h1-3,5-6,15-16H,4,7-13H2,(H2,19,22)/t15-,16+/m1/s1. The quantitative estimate of drug-likeness (QED) is 0.896. The molecule has 0 unspecified atom stereocenters. The van der Waals surface area contributed by atoms with E-state index in [1.165, 1.54) is 0 Å². The largest absolute Gasteiger partial charge is 0.369 e. The third-order valence-electron chi connectivity index (χ3n) is 4.90. The Balaban J connectivity index is 1.81. The Morgan fingerprint density at radius 2 is 1.83 bits per heavy atom. The molecule has 2 amide bonds. The number of rotatable bonds is 4. The van der Waals surface area contributed by atoms with E-state index in [2.05, 4.69) is 4.90 Å². The Morgan fingerprint density at radius 3 is 2.50 bits per heavy atom. The zero-order valence-electron chi connectivity index (χ0n) is 13.9. The van der Waals surface area contributed by atoms with Gasteiger partial charge in [0.05, 0.1) is 5.92 Å². The number of benzene rings is 1. The molecular formula is C18H25N3O2S. The molecule has 0 radical (unpaired) electrons. The molecule has 0 spiro atoms. The average Bonchev–Trinajstić information content (AvgIpc) is 2.64. The van der Waals surface area contributed by atoms with Crippen LogP contribution in [0.4, 0.5) is 0 Å². The molecule has 1 aromatic carbocycles. The van der Waals surface area contributed by atoms with Gasteiger partial charge in [0.25, 0.3) is 0 Å². The maximum atomic E-state index is 13.3. The second-order valence-corrected chi connectivity index (χ2v) is 7.71. The first-order chi connectivity index (χ1) is 11.7. The smallest absolute Gasteiger partial charge is 0.244 e. The first-order valence-electron chi connectivity index (χ1n) is 8.61. The van der Waals surface area contributed by atoms with Crippen LogP contribution in [0.5, 0.6) is 0 Å². The number of hydrogen-bond donors (Lipinski definition) is 1. The van der Waals surface area contributed by atoms with Crippen LogP contribution in [0.3, 0.4) is 0 Å². The highest BCUT2D eigenvalue weighted by atomic mass is 32.2. The van der Waals surface area contributed by atoms with Gasteiger partial charge in [-0.05, 0) is 18.4 Å². The third kappa shape index (κ3) is 3.92. The van der Waals surface area contributed by atoms with Gasteiger partial charge < -0.3 is 10.6 Å². The zero-order valence-corrected chi connectivity index (χ0v) is 14.7. The lowest BCUT2D eigenvalue weighted by Gasteiger charge is -2.39. The summed E-state index contributed by atoms with van der Waals surface area (Å²) < 4.78 is 0. The normalized spacial score (nSPS) is 23.7. The molecule has 2 N–H and O–H groups in total. The number of hydrogen-bond acceptors (Lipinski definition) is 4. The fourth-order valence-electron chi connectivity index (χ4n) is 3.56. The number of piperidine rings is 1. The van der Waals surface area contributed by atoms with E-state index in [0.29, 0.717) is 13.1 Å². The van der Waals surface area contributed by atoms with Crippen molar-refractivity contribution in [3.05, 3.63) is 35.9 Å². The van der Waals surface area contributed by atoms with Crippen LogP contribution < -0.4 is 5.73 Å². The maximum absolute atomic E-state index is 13.3. The van der Waals surface area contributed by atoms with E-state index < -0.39 is 0 Å². The molecule has 2 heterocycles. The summed E-state index contributed by atoms with van der Waals surface area (Å²) in [6.07, 6.45) is 1.63. The summed E-state index contributed by atoms with van der Waals surface area (Å²) in [4.78, 5) is 29.0. The van der Waals surface area contributed by atoms with Crippen molar-refractivity contribution < 1.29 is 9.59 Å². The minimum Gasteiger partial charge on any atom is -0.369 e. The molecular weight excluding hydrogens is 322 g/mol. The van der Waals surface area contributed by atoms with Crippen molar-refractivity contribution in [2.75, 3.05) is 37.7 Å². The van der Waals surface area contributed by atoms with Gasteiger partial charge in [0.2, 0.25) is 11.8 Å². The number of primary amides is 1. The Bertz CT molecular complexity index is 575. The van der Waals surface area contributed by atoms with E-state index in [0.717, 1.165) is 43.0 Å². The van der Waals surface area contributed by atoms with Crippen molar-refractivity contribution >= 4 is 23.6 Å². The Kier molecular flexibility index (Phi) is 5.79. The molecule has 0 aromatic heterocycles. The monoisotopic (exact) mass is 347 g/mol. The number of likely N-dealkylation sites (tertiary alicyclic amines) is 1. The van der Waals surface area contributed by atoms with Crippen LogP contribution in [0.25, 0.3) is 0 Å².